The lowest BCUT2D eigenvalue weighted by Crippen LogP contribution is -2.38. The zero-order chi connectivity index (χ0) is 64.7. The van der Waals surface area contributed by atoms with E-state index in [0.29, 0.717) is 0 Å². The molecule has 0 atom stereocenters. The van der Waals surface area contributed by atoms with Crippen molar-refractivity contribution in [2.24, 2.45) is 0 Å². The van der Waals surface area contributed by atoms with Gasteiger partial charge in [-0.3, -0.25) is 0 Å². The van der Waals surface area contributed by atoms with Gasteiger partial charge in [-0.15, -0.1) is 0 Å². The van der Waals surface area contributed by atoms with E-state index in [1.165, 1.54) is 99.1 Å². The van der Waals surface area contributed by atoms with Crippen molar-refractivity contribution in [2.45, 2.75) is 10.8 Å². The predicted molar refractivity (Wildman–Crippen MR) is 411 cm³/mol. The normalized spacial score (nSPS) is 13.4. The molecule has 17 aromatic carbocycles. The molecule has 2 aliphatic heterocycles. The summed E-state index contributed by atoms with van der Waals surface area (Å²) in [6.07, 6.45) is 0. The molecule has 2 nitrogen and oxygen atoms in total. The number of rotatable bonds is 10. The molecule has 0 saturated carbocycles. The Labute approximate surface area is 571 Å². The molecule has 0 aromatic heterocycles. The summed E-state index contributed by atoms with van der Waals surface area (Å²) in [5, 5.41) is 9.51. The van der Waals surface area contributed by atoms with Crippen molar-refractivity contribution >= 4 is 77.2 Å². The molecule has 0 unspecified atom stereocenters. The van der Waals surface area contributed by atoms with Gasteiger partial charge in [-0.05, 0) is 176 Å². The molecule has 0 aliphatic carbocycles. The van der Waals surface area contributed by atoms with E-state index in [2.05, 4.69) is 398 Å². The highest BCUT2D eigenvalue weighted by molar-refractivity contribution is 6.29. The molecule has 2 aliphatic rings. The second-order valence-electron chi connectivity index (χ2n) is 26.0. The fraction of sp³-hybridized carbons (Fsp3) is 0.0208. The van der Waals surface area contributed by atoms with E-state index in [4.69, 9.17) is 0 Å². The first-order chi connectivity index (χ1) is 48.7. The van der Waals surface area contributed by atoms with E-state index < -0.39 is 10.8 Å². The van der Waals surface area contributed by atoms with Crippen molar-refractivity contribution in [3.63, 3.8) is 0 Å². The predicted octanol–water partition coefficient (Wildman–Crippen LogP) is 25.3. The Kier molecular flexibility index (Phi) is 13.4. The minimum absolute atomic E-state index is 0.786. The summed E-state index contributed by atoms with van der Waals surface area (Å²) in [5.41, 5.74) is 24.3. The van der Waals surface area contributed by atoms with Gasteiger partial charge in [-0.2, -0.15) is 0 Å². The van der Waals surface area contributed by atoms with Gasteiger partial charge >= 0.3 is 0 Å². The highest BCUT2D eigenvalue weighted by atomic mass is 15.2. The first-order valence-corrected chi connectivity index (χ1v) is 34.1. The molecule has 2 heteroatoms. The van der Waals surface area contributed by atoms with Gasteiger partial charge < -0.3 is 9.80 Å². The van der Waals surface area contributed by atoms with Crippen molar-refractivity contribution in [3.05, 3.63) is 433 Å². The number of benzene rings is 17. The molecular formula is C96H64N2. The maximum Gasteiger partial charge on any atom is 0.0748 e. The smallest absolute Gasteiger partial charge is 0.0748 e. The Bertz CT molecular complexity index is 5490. The third-order valence-electron chi connectivity index (χ3n) is 21.1. The van der Waals surface area contributed by atoms with Crippen molar-refractivity contribution < 1.29 is 0 Å². The molecule has 458 valence electrons. The lowest BCUT2D eigenvalue weighted by Gasteiger charge is -2.47. The average Bonchev–Trinajstić information content (AvgIpc) is 0.682. The fourth-order valence-corrected chi connectivity index (χ4v) is 17.4. The van der Waals surface area contributed by atoms with E-state index in [1.54, 1.807) is 0 Å². The molecular weight excluding hydrogens is 1180 g/mol. The highest BCUT2D eigenvalue weighted by Crippen LogP contribution is 2.63. The van der Waals surface area contributed by atoms with Crippen molar-refractivity contribution in [3.8, 4) is 44.5 Å². The van der Waals surface area contributed by atoms with E-state index in [1.807, 2.05) is 0 Å². The van der Waals surface area contributed by atoms with Crippen molar-refractivity contribution in [1.29, 1.82) is 0 Å². The van der Waals surface area contributed by atoms with Gasteiger partial charge in [0, 0.05) is 22.5 Å². The number of hydrogen-bond acceptors (Lipinski definition) is 2. The quantitative estimate of drug-likeness (QED) is 0.126. The summed E-state index contributed by atoms with van der Waals surface area (Å²) < 4.78 is 0. The second kappa shape index (κ2) is 23.1. The topological polar surface area (TPSA) is 6.48 Å². The molecule has 98 heavy (non-hydrogen) atoms. The fourth-order valence-electron chi connectivity index (χ4n) is 17.4. The average molecular weight is 1250 g/mol. The van der Waals surface area contributed by atoms with Crippen LogP contribution in [0.4, 0.5) is 34.1 Å². The van der Waals surface area contributed by atoms with Crippen LogP contribution in [0.25, 0.3) is 87.6 Å². The number of anilines is 6. The summed E-state index contributed by atoms with van der Waals surface area (Å²) in [4.78, 5) is 5.02. The lowest BCUT2D eigenvalue weighted by molar-refractivity contribution is 0.733. The minimum Gasteiger partial charge on any atom is -0.310 e. The monoisotopic (exact) mass is 1240 g/mol. The zero-order valence-corrected chi connectivity index (χ0v) is 53.8. The molecule has 19 rings (SSSR count). The van der Waals surface area contributed by atoms with Crippen LogP contribution in [-0.2, 0) is 10.8 Å². The van der Waals surface area contributed by atoms with Crippen LogP contribution in [0, 0.1) is 0 Å². The third-order valence-corrected chi connectivity index (χ3v) is 21.1. The van der Waals surface area contributed by atoms with Crippen molar-refractivity contribution in [1.82, 2.24) is 0 Å². The molecule has 0 N–H and O–H groups in total. The Morgan fingerprint density at radius 1 is 0.184 bits per heavy atom. The summed E-state index contributed by atoms with van der Waals surface area (Å²) in [5.74, 6) is 0. The van der Waals surface area contributed by atoms with E-state index in [0.717, 1.165) is 67.2 Å². The molecule has 0 fully saturated rings. The van der Waals surface area contributed by atoms with E-state index >= 15 is 0 Å². The molecule has 0 radical (unpaired) electrons. The highest BCUT2D eigenvalue weighted by Gasteiger charge is 2.50. The van der Waals surface area contributed by atoms with Crippen molar-refractivity contribution in [2.75, 3.05) is 9.80 Å². The van der Waals surface area contributed by atoms with E-state index in [9.17, 15) is 0 Å². The molecule has 0 amide bonds. The van der Waals surface area contributed by atoms with Crippen LogP contribution in [-0.4, -0.2) is 0 Å². The molecule has 2 heterocycles. The van der Waals surface area contributed by atoms with E-state index in [-0.39, 0.29) is 0 Å². The summed E-state index contributed by atoms with van der Waals surface area (Å²) in [6.45, 7) is 0. The van der Waals surface area contributed by atoms with Gasteiger partial charge in [0.05, 0.1) is 33.6 Å². The van der Waals surface area contributed by atoms with Gasteiger partial charge in [0.1, 0.15) is 0 Å². The Morgan fingerprint density at radius 3 is 0.827 bits per heavy atom. The van der Waals surface area contributed by atoms with Crippen LogP contribution in [0.1, 0.15) is 44.5 Å². The van der Waals surface area contributed by atoms with Crippen LogP contribution in [0.2, 0.25) is 0 Å². The Morgan fingerprint density at radius 2 is 0.449 bits per heavy atom. The lowest BCUT2D eigenvalue weighted by atomic mass is 9.60. The van der Waals surface area contributed by atoms with Gasteiger partial charge in [0.25, 0.3) is 0 Å². The maximum atomic E-state index is 2.58. The van der Waals surface area contributed by atoms with Gasteiger partial charge in [-0.25, -0.2) is 0 Å². The van der Waals surface area contributed by atoms with Crippen LogP contribution in [0.5, 0.6) is 0 Å². The molecule has 0 saturated heterocycles. The van der Waals surface area contributed by atoms with Crippen LogP contribution >= 0.6 is 0 Å². The number of nitrogens with zero attached hydrogens (tertiary/aromatic N) is 2. The molecule has 17 aromatic rings. The second-order valence-corrected chi connectivity index (χ2v) is 26.0. The summed E-state index contributed by atoms with van der Waals surface area (Å²) in [7, 11) is 0. The standard InChI is InChI=1S/C96H64N2/c1-8-34-65(35-9-1)90-74-48-22-24-50-76(74)91(77-51-25-23-49-75(77)90)92-78-54-30-52-72(80-56-32-62-88-93(80)95(66-36-10-2-11-37-66,67-38-12-3-13-39-67)84-58-26-28-60-86(84)97(88)70-44-18-6-19-45-70)82(78)64-83-73(53-31-55-79(83)92)81-57-33-63-89-94(81)96(68-40-14-4-15-41-68,69-42-16-5-17-43-69)85-59-27-29-61-87(85)98(89)71-46-20-7-21-47-71/h1-64H. The number of para-hydroxylation sites is 4. The maximum absolute atomic E-state index is 2.58. The zero-order valence-electron chi connectivity index (χ0n) is 53.8. The summed E-state index contributed by atoms with van der Waals surface area (Å²) in [6, 6.07) is 146. The molecule has 0 bridgehead atoms. The number of hydrogen-bond donors (Lipinski definition) is 0. The van der Waals surface area contributed by atoms with Crippen LogP contribution in [0.15, 0.2) is 388 Å². The molecule has 0 spiro atoms. The van der Waals surface area contributed by atoms with Gasteiger partial charge in [0.15, 0.2) is 0 Å². The largest absolute Gasteiger partial charge is 0.310 e. The minimum atomic E-state index is -0.786. The van der Waals surface area contributed by atoms with Crippen LogP contribution in [0.3, 0.4) is 0 Å². The van der Waals surface area contributed by atoms with Gasteiger partial charge in [0.2, 0.25) is 0 Å². The first kappa shape index (κ1) is 56.9. The summed E-state index contributed by atoms with van der Waals surface area (Å²) >= 11 is 0. The Hall–Kier alpha value is -12.6. The number of fused-ring (bicyclic) bond motifs is 8. The first-order valence-electron chi connectivity index (χ1n) is 34.1. The SMILES string of the molecule is c1ccc(-c2c3ccccc3c(-c3c4cccc(-c5cccc6c5C(c5ccccc5)(c5ccccc5)c5ccccc5N6c5ccccc5)c4cc4c(-c5cccc6c5C(c5ccccc5)(c5ccccc5)c5ccccc5N6c5ccccc5)cccc34)c3ccccc23)cc1. The third kappa shape index (κ3) is 8.41. The van der Waals surface area contributed by atoms with Gasteiger partial charge in [-0.1, -0.05) is 334 Å². The van der Waals surface area contributed by atoms with Crippen LogP contribution < -0.4 is 9.80 Å². The Balaban J connectivity index is 1.00.